The standard InChI is InChI=1S/C11H18N4/c1-4-9(3)14-11(6-12)10-7-13-15(5-2)8-10/h1,7-9,11,14H,5-6,12H2,2-3H3. The van der Waals surface area contributed by atoms with E-state index in [2.05, 4.69) is 16.3 Å². The molecule has 2 unspecified atom stereocenters. The second kappa shape index (κ2) is 5.54. The van der Waals surface area contributed by atoms with Crippen molar-refractivity contribution in [2.75, 3.05) is 6.54 Å². The summed E-state index contributed by atoms with van der Waals surface area (Å²) in [5.74, 6) is 2.63. The van der Waals surface area contributed by atoms with Gasteiger partial charge in [-0.15, -0.1) is 6.42 Å². The number of rotatable bonds is 5. The largest absolute Gasteiger partial charge is 0.329 e. The summed E-state index contributed by atoms with van der Waals surface area (Å²) in [4.78, 5) is 0. The smallest absolute Gasteiger partial charge is 0.0663 e. The summed E-state index contributed by atoms with van der Waals surface area (Å²) < 4.78 is 1.88. The molecule has 1 rings (SSSR count). The van der Waals surface area contributed by atoms with Crippen molar-refractivity contribution in [3.05, 3.63) is 18.0 Å². The second-order valence-corrected chi connectivity index (χ2v) is 3.47. The molecule has 0 aliphatic carbocycles. The molecule has 0 aliphatic rings. The van der Waals surface area contributed by atoms with E-state index >= 15 is 0 Å². The Hall–Kier alpha value is -1.31. The van der Waals surface area contributed by atoms with Gasteiger partial charge in [-0.25, -0.2) is 0 Å². The van der Waals surface area contributed by atoms with Crippen LogP contribution in [-0.2, 0) is 6.54 Å². The van der Waals surface area contributed by atoms with Crippen LogP contribution in [0.5, 0.6) is 0 Å². The Bertz CT molecular complexity index is 337. The van der Waals surface area contributed by atoms with Crippen LogP contribution in [-0.4, -0.2) is 22.4 Å². The highest BCUT2D eigenvalue weighted by atomic mass is 15.3. The van der Waals surface area contributed by atoms with Crippen molar-refractivity contribution in [3.63, 3.8) is 0 Å². The number of hydrogen-bond donors (Lipinski definition) is 2. The predicted molar refractivity (Wildman–Crippen MR) is 61.1 cm³/mol. The van der Waals surface area contributed by atoms with Gasteiger partial charge in [-0.2, -0.15) is 5.10 Å². The van der Waals surface area contributed by atoms with E-state index in [-0.39, 0.29) is 12.1 Å². The highest BCUT2D eigenvalue weighted by Crippen LogP contribution is 2.11. The van der Waals surface area contributed by atoms with Crippen LogP contribution in [0, 0.1) is 12.3 Å². The van der Waals surface area contributed by atoms with Crippen molar-refractivity contribution < 1.29 is 0 Å². The molecule has 15 heavy (non-hydrogen) atoms. The highest BCUT2D eigenvalue weighted by Gasteiger charge is 2.12. The summed E-state index contributed by atoms with van der Waals surface area (Å²) in [7, 11) is 0. The van der Waals surface area contributed by atoms with Gasteiger partial charge in [-0.3, -0.25) is 10.00 Å². The van der Waals surface area contributed by atoms with Crippen molar-refractivity contribution in [2.24, 2.45) is 5.73 Å². The monoisotopic (exact) mass is 206 g/mol. The number of aryl methyl sites for hydroxylation is 1. The molecule has 82 valence electrons. The summed E-state index contributed by atoms with van der Waals surface area (Å²) in [6.07, 6.45) is 9.13. The number of terminal acetylenes is 1. The number of nitrogens with two attached hydrogens (primary N) is 1. The summed E-state index contributed by atoms with van der Waals surface area (Å²) >= 11 is 0. The number of hydrogen-bond acceptors (Lipinski definition) is 3. The number of nitrogens with zero attached hydrogens (tertiary/aromatic N) is 2. The van der Waals surface area contributed by atoms with Gasteiger partial charge in [0.25, 0.3) is 0 Å². The Kier molecular flexibility index (Phi) is 4.35. The molecule has 4 nitrogen and oxygen atoms in total. The Morgan fingerprint density at radius 1 is 1.73 bits per heavy atom. The van der Waals surface area contributed by atoms with Crippen LogP contribution in [0.3, 0.4) is 0 Å². The van der Waals surface area contributed by atoms with Crippen LogP contribution in [0.4, 0.5) is 0 Å². The quantitative estimate of drug-likeness (QED) is 0.690. The van der Waals surface area contributed by atoms with E-state index in [1.54, 1.807) is 0 Å². The van der Waals surface area contributed by atoms with E-state index in [4.69, 9.17) is 12.2 Å². The molecular weight excluding hydrogens is 188 g/mol. The van der Waals surface area contributed by atoms with Gasteiger partial charge in [0.2, 0.25) is 0 Å². The fourth-order valence-corrected chi connectivity index (χ4v) is 1.38. The van der Waals surface area contributed by atoms with E-state index in [1.807, 2.05) is 30.9 Å². The molecule has 2 atom stereocenters. The summed E-state index contributed by atoms with van der Waals surface area (Å²) in [5, 5.41) is 7.46. The Balaban J connectivity index is 2.70. The molecule has 1 heterocycles. The molecule has 0 aromatic carbocycles. The minimum Gasteiger partial charge on any atom is -0.329 e. The first kappa shape index (κ1) is 11.8. The minimum absolute atomic E-state index is 0.0172. The zero-order valence-corrected chi connectivity index (χ0v) is 9.27. The van der Waals surface area contributed by atoms with Crippen molar-refractivity contribution in [2.45, 2.75) is 32.5 Å². The van der Waals surface area contributed by atoms with Gasteiger partial charge >= 0.3 is 0 Å². The molecule has 0 spiro atoms. The maximum atomic E-state index is 5.69. The number of nitrogens with one attached hydrogen (secondary N) is 1. The fraction of sp³-hybridized carbons (Fsp3) is 0.545. The van der Waals surface area contributed by atoms with Gasteiger partial charge in [0.1, 0.15) is 0 Å². The van der Waals surface area contributed by atoms with Crippen molar-refractivity contribution in [1.29, 1.82) is 0 Å². The maximum absolute atomic E-state index is 5.69. The SMILES string of the molecule is C#CC(C)NC(CN)c1cnn(CC)c1. The third kappa shape index (κ3) is 3.08. The van der Waals surface area contributed by atoms with Crippen LogP contribution in [0.15, 0.2) is 12.4 Å². The zero-order chi connectivity index (χ0) is 11.3. The predicted octanol–water partition coefficient (Wildman–Crippen LogP) is 0.514. The Morgan fingerprint density at radius 3 is 2.93 bits per heavy atom. The van der Waals surface area contributed by atoms with Crippen molar-refractivity contribution in [1.82, 2.24) is 15.1 Å². The van der Waals surface area contributed by atoms with E-state index in [1.165, 1.54) is 0 Å². The highest BCUT2D eigenvalue weighted by molar-refractivity contribution is 5.12. The number of aromatic nitrogens is 2. The molecule has 3 N–H and O–H groups in total. The second-order valence-electron chi connectivity index (χ2n) is 3.47. The van der Waals surface area contributed by atoms with Gasteiger partial charge in [0, 0.05) is 30.9 Å². The lowest BCUT2D eigenvalue weighted by Crippen LogP contribution is -2.33. The van der Waals surface area contributed by atoms with Gasteiger partial charge in [0.05, 0.1) is 12.2 Å². The van der Waals surface area contributed by atoms with E-state index in [9.17, 15) is 0 Å². The van der Waals surface area contributed by atoms with Crippen molar-refractivity contribution in [3.8, 4) is 12.3 Å². The van der Waals surface area contributed by atoms with Crippen LogP contribution >= 0.6 is 0 Å². The maximum Gasteiger partial charge on any atom is 0.0663 e. The van der Waals surface area contributed by atoms with E-state index in [0.717, 1.165) is 12.1 Å². The van der Waals surface area contributed by atoms with Gasteiger partial charge in [-0.05, 0) is 13.8 Å². The molecule has 4 heteroatoms. The third-order valence-corrected chi connectivity index (χ3v) is 2.32. The molecule has 0 saturated heterocycles. The van der Waals surface area contributed by atoms with E-state index < -0.39 is 0 Å². The molecule has 0 aliphatic heterocycles. The molecule has 0 fully saturated rings. The lowest BCUT2D eigenvalue weighted by atomic mass is 10.1. The van der Waals surface area contributed by atoms with Crippen LogP contribution in [0.1, 0.15) is 25.5 Å². The Labute approximate surface area is 90.8 Å². The van der Waals surface area contributed by atoms with Crippen LogP contribution in [0.25, 0.3) is 0 Å². The zero-order valence-electron chi connectivity index (χ0n) is 9.27. The van der Waals surface area contributed by atoms with Crippen LogP contribution in [0.2, 0.25) is 0 Å². The average Bonchev–Trinajstić information content (AvgIpc) is 2.73. The van der Waals surface area contributed by atoms with Crippen molar-refractivity contribution >= 4 is 0 Å². The average molecular weight is 206 g/mol. The van der Waals surface area contributed by atoms with Crippen LogP contribution < -0.4 is 11.1 Å². The molecule has 0 radical (unpaired) electrons. The molecule has 0 bridgehead atoms. The first-order chi connectivity index (χ1) is 7.21. The molecule has 0 saturated carbocycles. The fourth-order valence-electron chi connectivity index (χ4n) is 1.38. The van der Waals surface area contributed by atoms with Gasteiger partial charge < -0.3 is 5.73 Å². The summed E-state index contributed by atoms with van der Waals surface area (Å²) in [6.45, 7) is 5.36. The first-order valence-electron chi connectivity index (χ1n) is 5.15. The van der Waals surface area contributed by atoms with Gasteiger partial charge in [-0.1, -0.05) is 5.92 Å². The van der Waals surface area contributed by atoms with E-state index in [0.29, 0.717) is 6.54 Å². The summed E-state index contributed by atoms with van der Waals surface area (Å²) in [5.41, 5.74) is 6.78. The summed E-state index contributed by atoms with van der Waals surface area (Å²) in [6, 6.07) is 0.0971. The Morgan fingerprint density at radius 2 is 2.47 bits per heavy atom. The van der Waals surface area contributed by atoms with Gasteiger partial charge in [0.15, 0.2) is 0 Å². The minimum atomic E-state index is 0.0172. The lowest BCUT2D eigenvalue weighted by molar-refractivity contribution is 0.517. The molecular formula is C11H18N4. The molecule has 1 aromatic heterocycles. The molecule has 1 aromatic rings. The first-order valence-corrected chi connectivity index (χ1v) is 5.15. The lowest BCUT2D eigenvalue weighted by Gasteiger charge is -2.17. The third-order valence-electron chi connectivity index (χ3n) is 2.32. The molecule has 0 amide bonds. The normalized spacial score (nSPS) is 14.5. The topological polar surface area (TPSA) is 55.9 Å².